The van der Waals surface area contributed by atoms with Gasteiger partial charge in [0.1, 0.15) is 0 Å². The van der Waals surface area contributed by atoms with Crippen LogP contribution >= 0.6 is 11.8 Å². The highest BCUT2D eigenvalue weighted by molar-refractivity contribution is 8.14. The third kappa shape index (κ3) is 1.59. The third-order valence-corrected chi connectivity index (χ3v) is 2.66. The standard InChI is InChI=1S/C10H7NO2S/c12-9-7-14-10(13)11(9)8-5-3-1-2-4-6-8/h3,5-6H,1,7H2. The second kappa shape index (κ2) is 3.72. The summed E-state index contributed by atoms with van der Waals surface area (Å²) in [7, 11) is 0. The molecule has 0 N–H and O–H groups in total. The largest absolute Gasteiger partial charge is 0.293 e. The normalized spacial score (nSPS) is 20.3. The molecular formula is C10H7NO2S. The van der Waals surface area contributed by atoms with Crippen molar-refractivity contribution in [3.63, 3.8) is 0 Å². The number of imide groups is 1. The average Bonchev–Trinajstić information content (AvgIpc) is 2.45. The van der Waals surface area contributed by atoms with Crippen LogP contribution in [-0.2, 0) is 4.79 Å². The average molecular weight is 205 g/mol. The minimum absolute atomic E-state index is 0.167. The molecular weight excluding hydrogens is 198 g/mol. The summed E-state index contributed by atoms with van der Waals surface area (Å²) in [5.41, 5.74) is 0.579. The van der Waals surface area contributed by atoms with Crippen LogP contribution in [-0.4, -0.2) is 21.8 Å². The molecule has 1 heterocycles. The lowest BCUT2D eigenvalue weighted by atomic mass is 10.3. The van der Waals surface area contributed by atoms with Crippen LogP contribution in [0.4, 0.5) is 4.79 Å². The molecule has 2 rings (SSSR count). The topological polar surface area (TPSA) is 37.4 Å². The molecule has 2 amide bonds. The van der Waals surface area contributed by atoms with E-state index in [0.717, 1.165) is 11.8 Å². The molecule has 0 bridgehead atoms. The summed E-state index contributed by atoms with van der Waals surface area (Å²) < 4.78 is 0. The zero-order valence-corrected chi connectivity index (χ0v) is 8.13. The van der Waals surface area contributed by atoms with E-state index in [4.69, 9.17) is 0 Å². The molecule has 3 nitrogen and oxygen atoms in total. The Kier molecular flexibility index (Phi) is 2.42. The fraction of sp³-hybridized carbons (Fsp3) is 0.200. The number of thioether (sulfide) groups is 1. The molecule has 1 fully saturated rings. The summed E-state index contributed by atoms with van der Waals surface area (Å²) in [5.74, 6) is 5.71. The summed E-state index contributed by atoms with van der Waals surface area (Å²) in [6.45, 7) is 0. The van der Waals surface area contributed by atoms with E-state index >= 15 is 0 Å². The fourth-order valence-corrected chi connectivity index (χ4v) is 1.93. The van der Waals surface area contributed by atoms with Gasteiger partial charge in [-0.1, -0.05) is 29.7 Å². The summed E-state index contributed by atoms with van der Waals surface area (Å²) in [5, 5.41) is -0.213. The Morgan fingerprint density at radius 2 is 2.29 bits per heavy atom. The summed E-state index contributed by atoms with van der Waals surface area (Å²) in [6, 6.07) is 0. The first-order valence-electron chi connectivity index (χ1n) is 4.14. The molecule has 0 spiro atoms. The van der Waals surface area contributed by atoms with E-state index in [1.165, 1.54) is 4.90 Å². The highest BCUT2D eigenvalue weighted by Crippen LogP contribution is 2.24. The molecule has 0 atom stereocenters. The smallest absolute Gasteiger partial charge is 0.273 e. The van der Waals surface area contributed by atoms with Crippen molar-refractivity contribution >= 4 is 22.9 Å². The zero-order chi connectivity index (χ0) is 9.97. The van der Waals surface area contributed by atoms with Crippen molar-refractivity contribution in [2.24, 2.45) is 0 Å². The number of carbonyl (C=O) groups is 2. The molecule has 0 unspecified atom stereocenters. The van der Waals surface area contributed by atoms with E-state index < -0.39 is 0 Å². The van der Waals surface area contributed by atoms with Gasteiger partial charge in [0.25, 0.3) is 5.24 Å². The van der Waals surface area contributed by atoms with Crippen molar-refractivity contribution in [3.8, 4) is 11.8 Å². The van der Waals surface area contributed by atoms with Crippen molar-refractivity contribution in [2.75, 3.05) is 5.75 Å². The molecule has 4 heteroatoms. The van der Waals surface area contributed by atoms with Crippen LogP contribution < -0.4 is 0 Å². The Bertz CT molecular complexity index is 396. The first-order chi connectivity index (χ1) is 6.79. The Hall–Kier alpha value is -1.47. The molecule has 1 saturated heterocycles. The minimum atomic E-state index is -0.213. The van der Waals surface area contributed by atoms with Gasteiger partial charge in [-0.2, -0.15) is 0 Å². The molecule has 0 radical (unpaired) electrons. The van der Waals surface area contributed by atoms with Crippen molar-refractivity contribution in [1.29, 1.82) is 0 Å². The van der Waals surface area contributed by atoms with E-state index in [2.05, 4.69) is 11.8 Å². The van der Waals surface area contributed by atoms with Gasteiger partial charge < -0.3 is 0 Å². The van der Waals surface area contributed by atoms with Gasteiger partial charge in [0.2, 0.25) is 5.91 Å². The quantitative estimate of drug-likeness (QED) is 0.609. The van der Waals surface area contributed by atoms with Crippen LogP contribution in [0.1, 0.15) is 6.42 Å². The lowest BCUT2D eigenvalue weighted by Crippen LogP contribution is -2.26. The molecule has 0 aromatic carbocycles. The number of allylic oxidation sites excluding steroid dienone is 3. The van der Waals surface area contributed by atoms with Gasteiger partial charge in [0.05, 0.1) is 11.4 Å². The van der Waals surface area contributed by atoms with E-state index in [-0.39, 0.29) is 16.9 Å². The monoisotopic (exact) mass is 205 g/mol. The molecule has 2 aliphatic rings. The molecule has 14 heavy (non-hydrogen) atoms. The number of nitrogens with zero attached hydrogens (tertiary/aromatic N) is 1. The highest BCUT2D eigenvalue weighted by Gasteiger charge is 2.31. The lowest BCUT2D eigenvalue weighted by Gasteiger charge is -2.12. The second-order valence-electron chi connectivity index (χ2n) is 2.78. The van der Waals surface area contributed by atoms with Crippen molar-refractivity contribution < 1.29 is 9.59 Å². The number of hydrogen-bond donors (Lipinski definition) is 0. The van der Waals surface area contributed by atoms with E-state index in [1.807, 2.05) is 6.08 Å². The lowest BCUT2D eigenvalue weighted by molar-refractivity contribution is -0.123. The predicted molar refractivity (Wildman–Crippen MR) is 54.3 cm³/mol. The number of carbonyl (C=O) groups excluding carboxylic acids is 2. The first kappa shape index (κ1) is 9.10. The van der Waals surface area contributed by atoms with Gasteiger partial charge in [-0.15, -0.1) is 0 Å². The first-order valence-corrected chi connectivity index (χ1v) is 5.12. The maximum Gasteiger partial charge on any atom is 0.293 e. The Morgan fingerprint density at radius 1 is 1.43 bits per heavy atom. The van der Waals surface area contributed by atoms with Crippen LogP contribution in [0.25, 0.3) is 0 Å². The molecule has 70 valence electrons. The van der Waals surface area contributed by atoms with Gasteiger partial charge in [0.15, 0.2) is 0 Å². The van der Waals surface area contributed by atoms with Crippen LogP contribution in [0.5, 0.6) is 0 Å². The maximum absolute atomic E-state index is 11.4. The van der Waals surface area contributed by atoms with Gasteiger partial charge in [-0.3, -0.25) is 9.59 Å². The molecule has 0 aromatic heterocycles. The van der Waals surface area contributed by atoms with Gasteiger partial charge in [0, 0.05) is 12.5 Å². The summed E-state index contributed by atoms with van der Waals surface area (Å²) in [4.78, 5) is 23.9. The minimum Gasteiger partial charge on any atom is -0.273 e. The molecule has 1 aliphatic carbocycles. The number of hydrogen-bond acceptors (Lipinski definition) is 3. The van der Waals surface area contributed by atoms with Gasteiger partial charge in [-0.05, 0) is 6.08 Å². The van der Waals surface area contributed by atoms with E-state index in [9.17, 15) is 9.59 Å². The molecule has 0 saturated carbocycles. The predicted octanol–water partition coefficient (Wildman–Crippen LogP) is 1.53. The number of rotatable bonds is 1. The Balaban J connectivity index is 2.31. The van der Waals surface area contributed by atoms with Gasteiger partial charge in [-0.25, -0.2) is 4.90 Å². The van der Waals surface area contributed by atoms with E-state index in [0.29, 0.717) is 12.1 Å². The summed E-state index contributed by atoms with van der Waals surface area (Å²) in [6.07, 6.45) is 5.85. The third-order valence-electron chi connectivity index (χ3n) is 1.84. The second-order valence-corrected chi connectivity index (χ2v) is 3.71. The number of amides is 2. The summed E-state index contributed by atoms with van der Waals surface area (Å²) >= 11 is 1.03. The highest BCUT2D eigenvalue weighted by atomic mass is 32.2. The van der Waals surface area contributed by atoms with Gasteiger partial charge >= 0.3 is 0 Å². The zero-order valence-electron chi connectivity index (χ0n) is 7.32. The molecule has 0 aromatic rings. The van der Waals surface area contributed by atoms with Crippen LogP contribution in [0, 0.1) is 11.8 Å². The maximum atomic E-state index is 11.4. The van der Waals surface area contributed by atoms with Crippen LogP contribution in [0.3, 0.4) is 0 Å². The SMILES string of the molecule is O=C1CSC(=O)N1C1=CC#CCC=C1. The molecule has 1 aliphatic heterocycles. The fourth-order valence-electron chi connectivity index (χ4n) is 1.21. The Morgan fingerprint density at radius 3 is 3.00 bits per heavy atom. The van der Waals surface area contributed by atoms with Crippen molar-refractivity contribution in [3.05, 3.63) is 23.9 Å². The van der Waals surface area contributed by atoms with Crippen LogP contribution in [0.2, 0.25) is 0 Å². The van der Waals surface area contributed by atoms with Crippen molar-refractivity contribution in [2.45, 2.75) is 6.42 Å². The Labute approximate surface area is 85.8 Å². The van der Waals surface area contributed by atoms with E-state index in [1.54, 1.807) is 12.2 Å². The van der Waals surface area contributed by atoms with Crippen LogP contribution in [0.15, 0.2) is 23.9 Å². The van der Waals surface area contributed by atoms with Crippen molar-refractivity contribution in [1.82, 2.24) is 4.90 Å².